The van der Waals surface area contributed by atoms with E-state index in [1.165, 1.54) is 12.8 Å². The van der Waals surface area contributed by atoms with Gasteiger partial charge in [0.25, 0.3) is 0 Å². The maximum Gasteiger partial charge on any atom is 0.416 e. The second-order valence-corrected chi connectivity index (χ2v) is 4.64. The van der Waals surface area contributed by atoms with Crippen LogP contribution in [0.2, 0.25) is 0 Å². The van der Waals surface area contributed by atoms with Crippen molar-refractivity contribution >= 4 is 0 Å². The highest BCUT2D eigenvalue weighted by Gasteiger charge is 2.31. The molecule has 18 heavy (non-hydrogen) atoms. The summed E-state index contributed by atoms with van der Waals surface area (Å²) in [4.78, 5) is 2.25. The largest absolute Gasteiger partial charge is 0.416 e. The topological polar surface area (TPSA) is 3.24 Å². The van der Waals surface area contributed by atoms with E-state index in [1.54, 1.807) is 12.1 Å². The molecule has 0 saturated heterocycles. The molecule has 0 spiro atoms. The van der Waals surface area contributed by atoms with Gasteiger partial charge in [0.2, 0.25) is 0 Å². The van der Waals surface area contributed by atoms with Crippen LogP contribution in [0, 0.1) is 0 Å². The van der Waals surface area contributed by atoms with Gasteiger partial charge in [0.1, 0.15) is 0 Å². The maximum absolute atomic E-state index is 12.4. The van der Waals surface area contributed by atoms with Gasteiger partial charge in [0, 0.05) is 19.1 Å². The van der Waals surface area contributed by atoms with Crippen LogP contribution in [-0.4, -0.2) is 17.5 Å². The molecule has 1 nitrogen and oxygen atoms in total. The Labute approximate surface area is 105 Å². The van der Waals surface area contributed by atoms with Crippen LogP contribution in [0.5, 0.6) is 0 Å². The van der Waals surface area contributed by atoms with Crippen molar-refractivity contribution in [2.45, 2.75) is 31.6 Å². The summed E-state index contributed by atoms with van der Waals surface area (Å²) >= 11 is 0. The molecule has 1 fully saturated rings. The summed E-state index contributed by atoms with van der Waals surface area (Å²) in [6.45, 7) is 5.18. The number of rotatable bonds is 5. The number of alkyl halides is 3. The fraction of sp³-hybridized carbons (Fsp3) is 0.429. The Morgan fingerprint density at radius 1 is 1.22 bits per heavy atom. The molecule has 0 aliphatic heterocycles. The zero-order valence-corrected chi connectivity index (χ0v) is 10.1. The molecule has 0 bridgehead atoms. The minimum atomic E-state index is -4.25. The first kappa shape index (κ1) is 13.1. The minimum absolute atomic E-state index is 0.574. The van der Waals surface area contributed by atoms with Crippen LogP contribution in [-0.2, 0) is 12.7 Å². The summed E-state index contributed by atoms with van der Waals surface area (Å²) in [5.74, 6) is 0. The molecule has 1 aromatic rings. The van der Waals surface area contributed by atoms with Gasteiger partial charge in [0.15, 0.2) is 0 Å². The Kier molecular flexibility index (Phi) is 3.76. The number of hydrogen-bond donors (Lipinski definition) is 0. The zero-order chi connectivity index (χ0) is 13.2. The molecule has 2 rings (SSSR count). The molecule has 0 radical (unpaired) electrons. The van der Waals surface area contributed by atoms with Crippen LogP contribution < -0.4 is 0 Å². The van der Waals surface area contributed by atoms with Crippen LogP contribution >= 0.6 is 0 Å². The molecule has 0 atom stereocenters. The molecule has 1 saturated carbocycles. The van der Waals surface area contributed by atoms with Crippen molar-refractivity contribution in [2.24, 2.45) is 0 Å². The summed E-state index contributed by atoms with van der Waals surface area (Å²) in [5.41, 5.74) is 0.324. The van der Waals surface area contributed by atoms with Gasteiger partial charge in [-0.25, -0.2) is 0 Å². The number of nitrogens with zero attached hydrogens (tertiary/aromatic N) is 1. The van der Waals surface area contributed by atoms with Crippen LogP contribution in [0.15, 0.2) is 36.9 Å². The maximum atomic E-state index is 12.4. The Morgan fingerprint density at radius 3 is 2.28 bits per heavy atom. The van der Waals surface area contributed by atoms with E-state index in [0.717, 1.165) is 24.2 Å². The second-order valence-electron chi connectivity index (χ2n) is 4.64. The monoisotopic (exact) mass is 255 g/mol. The third-order valence-electron chi connectivity index (χ3n) is 3.09. The van der Waals surface area contributed by atoms with Gasteiger partial charge in [-0.3, -0.25) is 4.90 Å². The Balaban J connectivity index is 2.02. The predicted octanol–water partition coefficient (Wildman–Crippen LogP) is 3.86. The van der Waals surface area contributed by atoms with Crippen molar-refractivity contribution in [1.82, 2.24) is 4.90 Å². The zero-order valence-electron chi connectivity index (χ0n) is 10.1. The molecule has 1 aromatic carbocycles. The van der Waals surface area contributed by atoms with Crippen LogP contribution in [0.25, 0.3) is 0 Å². The quantitative estimate of drug-likeness (QED) is 0.722. The molecule has 0 aromatic heterocycles. The summed E-state index contributed by atoms with van der Waals surface area (Å²) < 4.78 is 37.3. The van der Waals surface area contributed by atoms with Crippen LogP contribution in [0.3, 0.4) is 0 Å². The molecule has 1 aliphatic carbocycles. The molecule has 0 heterocycles. The van der Waals surface area contributed by atoms with E-state index in [1.807, 2.05) is 6.08 Å². The van der Waals surface area contributed by atoms with Gasteiger partial charge in [-0.2, -0.15) is 13.2 Å². The van der Waals surface area contributed by atoms with E-state index in [9.17, 15) is 13.2 Å². The van der Waals surface area contributed by atoms with E-state index >= 15 is 0 Å². The van der Waals surface area contributed by atoms with Gasteiger partial charge in [0.05, 0.1) is 5.56 Å². The summed E-state index contributed by atoms with van der Waals surface area (Å²) in [5, 5.41) is 0. The van der Waals surface area contributed by atoms with Crippen molar-refractivity contribution in [1.29, 1.82) is 0 Å². The van der Waals surface area contributed by atoms with Crippen molar-refractivity contribution in [2.75, 3.05) is 6.54 Å². The van der Waals surface area contributed by atoms with Gasteiger partial charge >= 0.3 is 6.18 Å². The normalized spacial score (nSPS) is 16.0. The van der Waals surface area contributed by atoms with Crippen molar-refractivity contribution in [3.63, 3.8) is 0 Å². The first-order chi connectivity index (χ1) is 8.50. The Hall–Kier alpha value is -1.29. The van der Waals surface area contributed by atoms with Gasteiger partial charge in [-0.1, -0.05) is 18.2 Å². The molecule has 0 N–H and O–H groups in total. The second kappa shape index (κ2) is 5.14. The first-order valence-corrected chi connectivity index (χ1v) is 6.02. The third-order valence-corrected chi connectivity index (χ3v) is 3.09. The Bertz CT molecular complexity index is 404. The number of halogens is 3. The number of hydrogen-bond acceptors (Lipinski definition) is 1. The van der Waals surface area contributed by atoms with Crippen LogP contribution in [0.1, 0.15) is 24.0 Å². The molecular formula is C14H16F3N. The number of benzene rings is 1. The molecule has 1 aliphatic rings. The highest BCUT2D eigenvalue weighted by molar-refractivity contribution is 5.24. The minimum Gasteiger partial charge on any atom is -0.292 e. The fourth-order valence-corrected chi connectivity index (χ4v) is 1.98. The SMILES string of the molecule is C=CCN(Cc1ccc(C(F)(F)F)cc1)C1CC1. The average molecular weight is 255 g/mol. The van der Waals surface area contributed by atoms with Gasteiger partial charge in [-0.05, 0) is 30.5 Å². The van der Waals surface area contributed by atoms with E-state index in [2.05, 4.69) is 11.5 Å². The van der Waals surface area contributed by atoms with E-state index in [0.29, 0.717) is 12.6 Å². The standard InChI is InChI=1S/C14H16F3N/c1-2-9-18(13-7-8-13)10-11-3-5-12(6-4-11)14(15,16)17/h2-6,13H,1,7-10H2. The fourth-order valence-electron chi connectivity index (χ4n) is 1.98. The lowest BCUT2D eigenvalue weighted by molar-refractivity contribution is -0.137. The van der Waals surface area contributed by atoms with Crippen LogP contribution in [0.4, 0.5) is 13.2 Å². The predicted molar refractivity (Wildman–Crippen MR) is 65.1 cm³/mol. The first-order valence-electron chi connectivity index (χ1n) is 6.02. The summed E-state index contributed by atoms with van der Waals surface area (Å²) in [6, 6.07) is 5.98. The third kappa shape index (κ3) is 3.35. The lowest BCUT2D eigenvalue weighted by Gasteiger charge is -2.20. The molecule has 0 unspecified atom stereocenters. The van der Waals surface area contributed by atoms with Crippen molar-refractivity contribution in [3.8, 4) is 0 Å². The summed E-state index contributed by atoms with van der Waals surface area (Å²) in [7, 11) is 0. The molecule has 4 heteroatoms. The van der Waals surface area contributed by atoms with E-state index < -0.39 is 11.7 Å². The lowest BCUT2D eigenvalue weighted by atomic mass is 10.1. The molecule has 0 amide bonds. The lowest BCUT2D eigenvalue weighted by Crippen LogP contribution is -2.25. The molecule has 98 valence electrons. The van der Waals surface area contributed by atoms with Crippen molar-refractivity contribution in [3.05, 3.63) is 48.0 Å². The van der Waals surface area contributed by atoms with E-state index in [4.69, 9.17) is 0 Å². The smallest absolute Gasteiger partial charge is 0.292 e. The highest BCUT2D eigenvalue weighted by Crippen LogP contribution is 2.31. The Morgan fingerprint density at radius 2 is 1.83 bits per heavy atom. The highest BCUT2D eigenvalue weighted by atomic mass is 19.4. The summed E-state index contributed by atoms with van der Waals surface area (Å²) in [6.07, 6.45) is -0.0683. The van der Waals surface area contributed by atoms with Gasteiger partial charge < -0.3 is 0 Å². The van der Waals surface area contributed by atoms with E-state index in [-0.39, 0.29) is 0 Å². The van der Waals surface area contributed by atoms with Gasteiger partial charge in [-0.15, -0.1) is 6.58 Å². The average Bonchev–Trinajstić information content (AvgIpc) is 3.12. The van der Waals surface area contributed by atoms with Crippen molar-refractivity contribution < 1.29 is 13.2 Å². The molecular weight excluding hydrogens is 239 g/mol.